The van der Waals surface area contributed by atoms with Gasteiger partial charge in [0.15, 0.2) is 0 Å². The fraction of sp³-hybridized carbons (Fsp3) is 0.273. The van der Waals surface area contributed by atoms with Crippen LogP contribution in [0.5, 0.6) is 0 Å². The standard InChI is InChI=1S/C22H19Br2NO4/c23-15-7-3-13(4-8-15)19-18(20(26)14-5-9-16(24)10-6-14)21(27)22(28)25(19)12-17-2-1-11-29-17/h3-10,17,19,26H,1-2,11-12H2. The Labute approximate surface area is 185 Å². The van der Waals surface area contributed by atoms with Crippen LogP contribution in [-0.2, 0) is 14.3 Å². The Balaban J connectivity index is 1.81. The van der Waals surface area contributed by atoms with Crippen molar-refractivity contribution in [3.8, 4) is 0 Å². The molecule has 0 aliphatic carbocycles. The van der Waals surface area contributed by atoms with E-state index in [1.807, 2.05) is 24.3 Å². The van der Waals surface area contributed by atoms with Crippen molar-refractivity contribution in [3.05, 3.63) is 74.2 Å². The van der Waals surface area contributed by atoms with Crippen molar-refractivity contribution >= 4 is 49.3 Å². The van der Waals surface area contributed by atoms with Gasteiger partial charge < -0.3 is 14.7 Å². The highest BCUT2D eigenvalue weighted by Crippen LogP contribution is 2.40. The number of rotatable bonds is 4. The number of aliphatic hydroxyl groups excluding tert-OH is 1. The number of hydrogen-bond donors (Lipinski definition) is 1. The molecule has 1 amide bonds. The van der Waals surface area contributed by atoms with Crippen molar-refractivity contribution < 1.29 is 19.4 Å². The fourth-order valence-electron chi connectivity index (χ4n) is 3.83. The van der Waals surface area contributed by atoms with Gasteiger partial charge in [-0.2, -0.15) is 0 Å². The topological polar surface area (TPSA) is 66.8 Å². The Morgan fingerprint density at radius 1 is 1.03 bits per heavy atom. The number of carbonyl (C=O) groups is 2. The van der Waals surface area contributed by atoms with Gasteiger partial charge in [-0.25, -0.2) is 0 Å². The van der Waals surface area contributed by atoms with Crippen molar-refractivity contribution in [2.45, 2.75) is 25.0 Å². The highest BCUT2D eigenvalue weighted by atomic mass is 79.9. The summed E-state index contributed by atoms with van der Waals surface area (Å²) in [5.74, 6) is -1.44. The monoisotopic (exact) mass is 519 g/mol. The molecule has 5 nitrogen and oxygen atoms in total. The molecule has 7 heteroatoms. The van der Waals surface area contributed by atoms with Gasteiger partial charge in [-0.15, -0.1) is 0 Å². The molecule has 2 saturated heterocycles. The summed E-state index contributed by atoms with van der Waals surface area (Å²) in [6.07, 6.45) is 1.69. The molecular weight excluding hydrogens is 502 g/mol. The summed E-state index contributed by atoms with van der Waals surface area (Å²) in [6.45, 7) is 0.985. The first-order valence-corrected chi connectivity index (χ1v) is 11.0. The molecule has 150 valence electrons. The number of ether oxygens (including phenoxy) is 1. The molecular formula is C22H19Br2NO4. The Hall–Kier alpha value is -1.96. The van der Waals surface area contributed by atoms with Crippen LogP contribution < -0.4 is 0 Å². The minimum Gasteiger partial charge on any atom is -0.507 e. The number of ketones is 1. The summed E-state index contributed by atoms with van der Waals surface area (Å²) in [7, 11) is 0. The molecule has 2 atom stereocenters. The molecule has 2 aromatic carbocycles. The van der Waals surface area contributed by atoms with E-state index in [0.717, 1.165) is 27.4 Å². The molecule has 2 heterocycles. The van der Waals surface area contributed by atoms with Crippen molar-refractivity contribution in [2.75, 3.05) is 13.2 Å². The highest BCUT2D eigenvalue weighted by Gasteiger charge is 2.47. The van der Waals surface area contributed by atoms with Crippen LogP contribution in [0.4, 0.5) is 0 Å². The lowest BCUT2D eigenvalue weighted by Crippen LogP contribution is -2.36. The van der Waals surface area contributed by atoms with Gasteiger partial charge in [0.2, 0.25) is 0 Å². The van der Waals surface area contributed by atoms with Crippen LogP contribution in [0.15, 0.2) is 63.0 Å². The highest BCUT2D eigenvalue weighted by molar-refractivity contribution is 9.10. The maximum Gasteiger partial charge on any atom is 0.295 e. The zero-order valence-electron chi connectivity index (χ0n) is 15.5. The Morgan fingerprint density at radius 3 is 2.24 bits per heavy atom. The first-order valence-electron chi connectivity index (χ1n) is 9.37. The molecule has 0 radical (unpaired) electrons. The lowest BCUT2D eigenvalue weighted by atomic mass is 9.95. The lowest BCUT2D eigenvalue weighted by molar-refractivity contribution is -0.140. The van der Waals surface area contributed by atoms with Crippen molar-refractivity contribution in [1.29, 1.82) is 0 Å². The van der Waals surface area contributed by atoms with E-state index in [9.17, 15) is 14.7 Å². The van der Waals surface area contributed by atoms with Crippen LogP contribution in [0.2, 0.25) is 0 Å². The van der Waals surface area contributed by atoms with Crippen LogP contribution in [0.1, 0.15) is 30.0 Å². The molecule has 0 bridgehead atoms. The van der Waals surface area contributed by atoms with E-state index in [-0.39, 0.29) is 17.4 Å². The van der Waals surface area contributed by atoms with Gasteiger partial charge in [-0.1, -0.05) is 56.1 Å². The quantitative estimate of drug-likeness (QED) is 0.357. The Morgan fingerprint density at radius 2 is 1.66 bits per heavy atom. The van der Waals surface area contributed by atoms with Crippen molar-refractivity contribution in [2.24, 2.45) is 0 Å². The normalized spacial score (nSPS) is 23.7. The molecule has 29 heavy (non-hydrogen) atoms. The average molecular weight is 521 g/mol. The molecule has 2 aliphatic heterocycles. The van der Waals surface area contributed by atoms with E-state index in [4.69, 9.17) is 4.74 Å². The SMILES string of the molecule is O=C1C(=O)N(CC2CCCO2)C(c2ccc(Br)cc2)C1=C(O)c1ccc(Br)cc1. The van der Waals surface area contributed by atoms with Gasteiger partial charge in [0.1, 0.15) is 5.76 Å². The summed E-state index contributed by atoms with van der Waals surface area (Å²) in [4.78, 5) is 27.4. The Bertz CT molecular complexity index is 963. The van der Waals surface area contributed by atoms with E-state index >= 15 is 0 Å². The van der Waals surface area contributed by atoms with Gasteiger partial charge >= 0.3 is 0 Å². The first-order chi connectivity index (χ1) is 14.0. The maximum atomic E-state index is 13.0. The number of amides is 1. The van der Waals surface area contributed by atoms with E-state index < -0.39 is 17.7 Å². The number of hydrogen-bond acceptors (Lipinski definition) is 4. The van der Waals surface area contributed by atoms with E-state index in [1.54, 1.807) is 24.3 Å². The largest absolute Gasteiger partial charge is 0.507 e. The number of nitrogens with zero attached hydrogens (tertiary/aromatic N) is 1. The predicted molar refractivity (Wildman–Crippen MR) is 116 cm³/mol. The zero-order valence-corrected chi connectivity index (χ0v) is 18.6. The number of likely N-dealkylation sites (tertiary alicyclic amines) is 1. The molecule has 0 spiro atoms. The number of carbonyl (C=O) groups excluding carboxylic acids is 2. The zero-order chi connectivity index (χ0) is 20.5. The third kappa shape index (κ3) is 4.04. The van der Waals surface area contributed by atoms with E-state index in [0.29, 0.717) is 18.7 Å². The third-order valence-electron chi connectivity index (χ3n) is 5.27. The molecule has 2 aliphatic rings. The second-order valence-corrected chi connectivity index (χ2v) is 8.98. The summed E-state index contributed by atoms with van der Waals surface area (Å²) in [5.41, 5.74) is 1.37. The summed E-state index contributed by atoms with van der Waals surface area (Å²) >= 11 is 6.79. The van der Waals surface area contributed by atoms with Crippen LogP contribution in [0.3, 0.4) is 0 Å². The summed E-state index contributed by atoms with van der Waals surface area (Å²) in [6, 6.07) is 13.8. The molecule has 2 fully saturated rings. The molecule has 4 rings (SSSR count). The second kappa shape index (κ2) is 8.42. The molecule has 2 aromatic rings. The molecule has 2 unspecified atom stereocenters. The fourth-order valence-corrected chi connectivity index (χ4v) is 4.36. The number of Topliss-reactive ketones (excluding diaryl/α,β-unsaturated/α-hetero) is 1. The first kappa shape index (κ1) is 20.3. The van der Waals surface area contributed by atoms with Crippen molar-refractivity contribution in [1.82, 2.24) is 4.90 Å². The summed E-state index contributed by atoms with van der Waals surface area (Å²) < 4.78 is 7.45. The third-order valence-corrected chi connectivity index (χ3v) is 6.33. The second-order valence-electron chi connectivity index (χ2n) is 7.14. The van der Waals surface area contributed by atoms with Gasteiger partial charge in [0.05, 0.1) is 17.7 Å². The average Bonchev–Trinajstić information content (AvgIpc) is 3.31. The predicted octanol–water partition coefficient (Wildman–Crippen LogP) is 4.81. The van der Waals surface area contributed by atoms with Crippen LogP contribution in [-0.4, -0.2) is 41.0 Å². The number of halogens is 2. The summed E-state index contributed by atoms with van der Waals surface area (Å²) in [5, 5.41) is 11.0. The molecule has 1 N–H and O–H groups in total. The number of aliphatic hydroxyl groups is 1. The number of benzene rings is 2. The van der Waals surface area contributed by atoms with E-state index in [2.05, 4.69) is 31.9 Å². The van der Waals surface area contributed by atoms with Crippen LogP contribution in [0, 0.1) is 0 Å². The van der Waals surface area contributed by atoms with Gasteiger partial charge in [0, 0.05) is 27.7 Å². The molecule has 0 saturated carbocycles. The van der Waals surface area contributed by atoms with Crippen LogP contribution >= 0.6 is 31.9 Å². The smallest absolute Gasteiger partial charge is 0.295 e. The molecule has 0 aromatic heterocycles. The van der Waals surface area contributed by atoms with E-state index in [1.165, 1.54) is 4.90 Å². The lowest BCUT2D eigenvalue weighted by Gasteiger charge is -2.27. The van der Waals surface area contributed by atoms with Gasteiger partial charge in [-0.3, -0.25) is 9.59 Å². The van der Waals surface area contributed by atoms with Crippen molar-refractivity contribution in [3.63, 3.8) is 0 Å². The van der Waals surface area contributed by atoms with Crippen LogP contribution in [0.25, 0.3) is 5.76 Å². The van der Waals surface area contributed by atoms with Gasteiger partial charge in [0.25, 0.3) is 11.7 Å². The minimum absolute atomic E-state index is 0.0983. The minimum atomic E-state index is -0.670. The Kier molecular flexibility index (Phi) is 5.90. The van der Waals surface area contributed by atoms with Gasteiger partial charge in [-0.05, 0) is 42.7 Å². The maximum absolute atomic E-state index is 13.0.